The molecule has 1 aromatic rings. The predicted molar refractivity (Wildman–Crippen MR) is 58.6 cm³/mol. The number of benzene rings is 1. The number of carbonyl (C=O) groups is 1. The first kappa shape index (κ1) is 10.3. The summed E-state index contributed by atoms with van der Waals surface area (Å²) in [6.07, 6.45) is 0.874. The van der Waals surface area contributed by atoms with E-state index in [1.807, 2.05) is 38.1 Å². The van der Waals surface area contributed by atoms with Crippen molar-refractivity contribution >= 4 is 27.9 Å². The summed E-state index contributed by atoms with van der Waals surface area (Å²) < 4.78 is 0.853. The van der Waals surface area contributed by atoms with Crippen molar-refractivity contribution in [2.45, 2.75) is 6.92 Å². The maximum Gasteiger partial charge on any atom is 0.153 e. The Morgan fingerprint density at radius 3 is 2.46 bits per heavy atom. The minimum atomic E-state index is 0.704. The normalized spacial score (nSPS) is 9.85. The van der Waals surface area contributed by atoms with E-state index in [-0.39, 0.29) is 0 Å². The summed E-state index contributed by atoms with van der Waals surface area (Å²) in [7, 11) is 3.85. The fraction of sp³-hybridized carbons (Fsp3) is 0.300. The molecule has 0 N–H and O–H groups in total. The van der Waals surface area contributed by atoms with E-state index in [4.69, 9.17) is 0 Å². The number of halogens is 1. The van der Waals surface area contributed by atoms with Gasteiger partial charge in [0.25, 0.3) is 0 Å². The number of hydrogen-bond acceptors (Lipinski definition) is 2. The molecule has 3 heteroatoms. The van der Waals surface area contributed by atoms with Crippen LogP contribution in [0.1, 0.15) is 15.9 Å². The second-order valence-electron chi connectivity index (χ2n) is 3.19. The van der Waals surface area contributed by atoms with Gasteiger partial charge in [0.05, 0.1) is 5.56 Å². The third kappa shape index (κ3) is 2.10. The van der Waals surface area contributed by atoms with Gasteiger partial charge >= 0.3 is 0 Å². The predicted octanol–water partition coefficient (Wildman–Crippen LogP) is 2.64. The summed E-state index contributed by atoms with van der Waals surface area (Å²) in [5, 5.41) is 0. The standard InChI is InChI=1S/C10H12BrNO/c1-7-4-9(11)8(6-13)10(5-7)12(2)3/h4-6H,1-3H3. The lowest BCUT2D eigenvalue weighted by Crippen LogP contribution is -2.11. The van der Waals surface area contributed by atoms with Crippen LogP contribution in [0.4, 0.5) is 5.69 Å². The van der Waals surface area contributed by atoms with Crippen molar-refractivity contribution in [3.8, 4) is 0 Å². The average molecular weight is 242 g/mol. The summed E-state index contributed by atoms with van der Waals surface area (Å²) in [6, 6.07) is 3.94. The van der Waals surface area contributed by atoms with Crippen LogP contribution in [0.5, 0.6) is 0 Å². The Morgan fingerprint density at radius 1 is 1.38 bits per heavy atom. The summed E-state index contributed by atoms with van der Waals surface area (Å²) in [5.41, 5.74) is 2.79. The summed E-state index contributed by atoms with van der Waals surface area (Å²) in [5.74, 6) is 0. The van der Waals surface area contributed by atoms with Crippen molar-refractivity contribution in [3.05, 3.63) is 27.7 Å². The molecule has 0 aromatic heterocycles. The van der Waals surface area contributed by atoms with Crippen LogP contribution in [-0.2, 0) is 0 Å². The number of nitrogens with zero attached hydrogens (tertiary/aromatic N) is 1. The highest BCUT2D eigenvalue weighted by Crippen LogP contribution is 2.26. The molecule has 1 rings (SSSR count). The van der Waals surface area contributed by atoms with Crippen molar-refractivity contribution in [2.24, 2.45) is 0 Å². The SMILES string of the molecule is Cc1cc(Br)c(C=O)c(N(C)C)c1. The van der Waals surface area contributed by atoms with Crippen molar-refractivity contribution in [1.29, 1.82) is 0 Å². The molecular weight excluding hydrogens is 230 g/mol. The van der Waals surface area contributed by atoms with Gasteiger partial charge in [0.1, 0.15) is 0 Å². The van der Waals surface area contributed by atoms with Crippen LogP contribution >= 0.6 is 15.9 Å². The fourth-order valence-electron chi connectivity index (χ4n) is 1.22. The van der Waals surface area contributed by atoms with E-state index in [0.717, 1.165) is 22.0 Å². The molecule has 0 spiro atoms. The zero-order valence-corrected chi connectivity index (χ0v) is 9.55. The topological polar surface area (TPSA) is 20.3 Å². The van der Waals surface area contributed by atoms with Gasteiger partial charge < -0.3 is 4.90 Å². The molecule has 2 nitrogen and oxygen atoms in total. The Kier molecular flexibility index (Phi) is 3.09. The third-order valence-electron chi connectivity index (χ3n) is 1.85. The first-order chi connectivity index (χ1) is 6.06. The molecule has 0 atom stereocenters. The Bertz CT molecular complexity index is 334. The highest BCUT2D eigenvalue weighted by Gasteiger charge is 2.08. The zero-order valence-electron chi connectivity index (χ0n) is 7.97. The molecule has 13 heavy (non-hydrogen) atoms. The van der Waals surface area contributed by atoms with Gasteiger partial charge in [0, 0.05) is 24.3 Å². The fourth-order valence-corrected chi connectivity index (χ4v) is 1.88. The number of rotatable bonds is 2. The van der Waals surface area contributed by atoms with Crippen LogP contribution in [-0.4, -0.2) is 20.4 Å². The van der Waals surface area contributed by atoms with Gasteiger partial charge in [0.2, 0.25) is 0 Å². The lowest BCUT2D eigenvalue weighted by Gasteiger charge is -2.16. The van der Waals surface area contributed by atoms with Crippen LogP contribution < -0.4 is 4.90 Å². The Balaban J connectivity index is 3.38. The number of anilines is 1. The average Bonchev–Trinajstić information content (AvgIpc) is 2.02. The maximum atomic E-state index is 10.8. The van der Waals surface area contributed by atoms with Gasteiger partial charge in [-0.05, 0) is 40.5 Å². The third-order valence-corrected chi connectivity index (χ3v) is 2.51. The summed E-state index contributed by atoms with van der Waals surface area (Å²) in [6.45, 7) is 2.01. The van der Waals surface area contributed by atoms with E-state index in [2.05, 4.69) is 15.9 Å². The number of carbonyl (C=O) groups excluding carboxylic acids is 1. The lowest BCUT2D eigenvalue weighted by molar-refractivity contribution is 0.112. The van der Waals surface area contributed by atoms with E-state index >= 15 is 0 Å². The van der Waals surface area contributed by atoms with Crippen LogP contribution in [0.25, 0.3) is 0 Å². The molecule has 0 saturated carbocycles. The van der Waals surface area contributed by atoms with Crippen LogP contribution in [0.2, 0.25) is 0 Å². The molecule has 0 amide bonds. The molecule has 1 aromatic carbocycles. The number of aldehydes is 1. The second-order valence-corrected chi connectivity index (χ2v) is 4.05. The van der Waals surface area contributed by atoms with E-state index in [1.165, 1.54) is 0 Å². The van der Waals surface area contributed by atoms with Crippen LogP contribution in [0, 0.1) is 6.92 Å². The molecule has 0 aliphatic heterocycles. The largest absolute Gasteiger partial charge is 0.377 e. The summed E-state index contributed by atoms with van der Waals surface area (Å²) >= 11 is 3.37. The second kappa shape index (κ2) is 3.92. The van der Waals surface area contributed by atoms with Crippen molar-refractivity contribution < 1.29 is 4.79 Å². The van der Waals surface area contributed by atoms with Crippen LogP contribution in [0.15, 0.2) is 16.6 Å². The molecule has 0 bridgehead atoms. The number of aryl methyl sites for hydroxylation is 1. The molecule has 0 aliphatic carbocycles. The minimum absolute atomic E-state index is 0.704. The van der Waals surface area contributed by atoms with E-state index in [1.54, 1.807) is 0 Å². The summed E-state index contributed by atoms with van der Waals surface area (Å²) in [4.78, 5) is 12.7. The molecule has 0 fully saturated rings. The Hall–Kier alpha value is -0.830. The zero-order chi connectivity index (χ0) is 10.0. The van der Waals surface area contributed by atoms with Gasteiger partial charge in [-0.15, -0.1) is 0 Å². The van der Waals surface area contributed by atoms with Gasteiger partial charge in [-0.2, -0.15) is 0 Å². The molecule has 0 saturated heterocycles. The highest BCUT2D eigenvalue weighted by molar-refractivity contribution is 9.10. The van der Waals surface area contributed by atoms with E-state index in [0.29, 0.717) is 5.56 Å². The van der Waals surface area contributed by atoms with E-state index < -0.39 is 0 Å². The van der Waals surface area contributed by atoms with E-state index in [9.17, 15) is 4.79 Å². The molecule has 0 heterocycles. The quantitative estimate of drug-likeness (QED) is 0.743. The van der Waals surface area contributed by atoms with Crippen molar-refractivity contribution in [3.63, 3.8) is 0 Å². The Morgan fingerprint density at radius 2 is 2.00 bits per heavy atom. The first-order valence-corrected chi connectivity index (χ1v) is 4.78. The highest BCUT2D eigenvalue weighted by atomic mass is 79.9. The molecule has 70 valence electrons. The first-order valence-electron chi connectivity index (χ1n) is 3.99. The van der Waals surface area contributed by atoms with Gasteiger partial charge in [0.15, 0.2) is 6.29 Å². The van der Waals surface area contributed by atoms with Gasteiger partial charge in [-0.3, -0.25) is 4.79 Å². The van der Waals surface area contributed by atoms with Crippen LogP contribution in [0.3, 0.4) is 0 Å². The molecule has 0 aliphatic rings. The number of hydrogen-bond donors (Lipinski definition) is 0. The van der Waals surface area contributed by atoms with Crippen molar-refractivity contribution in [1.82, 2.24) is 0 Å². The molecule has 0 unspecified atom stereocenters. The Labute approximate surface area is 86.7 Å². The van der Waals surface area contributed by atoms with Gasteiger partial charge in [-0.25, -0.2) is 0 Å². The van der Waals surface area contributed by atoms with Crippen molar-refractivity contribution in [2.75, 3.05) is 19.0 Å². The molecular formula is C10H12BrNO. The lowest BCUT2D eigenvalue weighted by atomic mass is 10.1. The minimum Gasteiger partial charge on any atom is -0.377 e. The monoisotopic (exact) mass is 241 g/mol. The smallest absolute Gasteiger partial charge is 0.153 e. The van der Waals surface area contributed by atoms with Gasteiger partial charge in [-0.1, -0.05) is 0 Å². The maximum absolute atomic E-state index is 10.8. The molecule has 0 radical (unpaired) electrons.